The summed E-state index contributed by atoms with van der Waals surface area (Å²) in [6, 6.07) is 11.4. The Labute approximate surface area is 146 Å². The van der Waals surface area contributed by atoms with Crippen LogP contribution in [0.25, 0.3) is 11.1 Å². The Balaban J connectivity index is 2.01. The van der Waals surface area contributed by atoms with E-state index in [-0.39, 0.29) is 10.5 Å². The Morgan fingerprint density at radius 1 is 1.17 bits per heavy atom. The van der Waals surface area contributed by atoms with E-state index in [0.29, 0.717) is 17.7 Å². The first kappa shape index (κ1) is 16.1. The highest BCUT2D eigenvalue weighted by molar-refractivity contribution is 14.1. The molecule has 0 spiro atoms. The molecule has 1 heterocycles. The summed E-state index contributed by atoms with van der Waals surface area (Å²) in [7, 11) is -3.75. The minimum atomic E-state index is -3.75. The van der Waals surface area contributed by atoms with Gasteiger partial charge in [0.15, 0.2) is 5.58 Å². The SMILES string of the molecule is CCn1c(=O)oc2cc(S(=O)(=O)Nc3ccc(I)cc3)ccc21. The molecule has 0 amide bonds. The van der Waals surface area contributed by atoms with Crippen molar-refractivity contribution in [3.8, 4) is 0 Å². The lowest BCUT2D eigenvalue weighted by molar-refractivity contribution is 0.512. The fourth-order valence-corrected chi connectivity index (χ4v) is 3.68. The van der Waals surface area contributed by atoms with Gasteiger partial charge in [-0.1, -0.05) is 0 Å². The molecule has 0 aliphatic carbocycles. The van der Waals surface area contributed by atoms with E-state index in [1.165, 1.54) is 16.7 Å². The fraction of sp³-hybridized carbons (Fsp3) is 0.133. The molecule has 1 aromatic heterocycles. The van der Waals surface area contributed by atoms with E-state index in [0.717, 1.165) is 3.57 Å². The number of anilines is 1. The predicted octanol–water partition coefficient (Wildman–Crippen LogP) is 3.02. The zero-order valence-corrected chi connectivity index (χ0v) is 15.1. The third kappa shape index (κ3) is 3.13. The molecule has 0 atom stereocenters. The summed E-state index contributed by atoms with van der Waals surface area (Å²) >= 11 is 2.14. The highest BCUT2D eigenvalue weighted by atomic mass is 127. The number of oxazole rings is 1. The van der Waals surface area contributed by atoms with E-state index in [1.54, 1.807) is 18.2 Å². The van der Waals surface area contributed by atoms with Crippen molar-refractivity contribution in [1.29, 1.82) is 0 Å². The smallest absolute Gasteiger partial charge is 0.408 e. The van der Waals surface area contributed by atoms with E-state index in [4.69, 9.17) is 4.42 Å². The van der Waals surface area contributed by atoms with Crippen LogP contribution >= 0.6 is 22.6 Å². The van der Waals surface area contributed by atoms with Gasteiger partial charge in [0.1, 0.15) is 0 Å². The number of benzene rings is 2. The molecule has 6 nitrogen and oxygen atoms in total. The number of nitrogens with zero attached hydrogens (tertiary/aromatic N) is 1. The summed E-state index contributed by atoms with van der Waals surface area (Å²) in [5.41, 5.74) is 1.30. The lowest BCUT2D eigenvalue weighted by atomic mass is 10.3. The third-order valence-electron chi connectivity index (χ3n) is 3.36. The maximum atomic E-state index is 12.5. The van der Waals surface area contributed by atoms with E-state index >= 15 is 0 Å². The normalized spacial score (nSPS) is 11.7. The van der Waals surface area contributed by atoms with Crippen molar-refractivity contribution in [1.82, 2.24) is 4.57 Å². The predicted molar refractivity (Wildman–Crippen MR) is 96.1 cm³/mol. The average molecular weight is 444 g/mol. The van der Waals surface area contributed by atoms with Gasteiger partial charge in [-0.3, -0.25) is 9.29 Å². The van der Waals surface area contributed by atoms with Crippen LogP contribution in [0.4, 0.5) is 5.69 Å². The maximum Gasteiger partial charge on any atom is 0.419 e. The van der Waals surface area contributed by atoms with Crippen LogP contribution in [0.2, 0.25) is 0 Å². The van der Waals surface area contributed by atoms with Gasteiger partial charge in [-0.05, 0) is 65.9 Å². The fourth-order valence-electron chi connectivity index (χ4n) is 2.25. The van der Waals surface area contributed by atoms with Crippen LogP contribution < -0.4 is 10.5 Å². The van der Waals surface area contributed by atoms with Crippen LogP contribution in [0, 0.1) is 3.57 Å². The molecule has 0 aliphatic heterocycles. The Hall–Kier alpha value is -1.81. The van der Waals surface area contributed by atoms with Gasteiger partial charge in [0.2, 0.25) is 0 Å². The lowest BCUT2D eigenvalue weighted by Crippen LogP contribution is -2.13. The molecule has 3 rings (SSSR count). The van der Waals surface area contributed by atoms with Crippen molar-refractivity contribution in [3.63, 3.8) is 0 Å². The first-order chi connectivity index (χ1) is 10.9. The van der Waals surface area contributed by atoms with Crippen molar-refractivity contribution in [2.24, 2.45) is 0 Å². The zero-order chi connectivity index (χ0) is 16.6. The molecular formula is C15H13IN2O4S. The Kier molecular flexibility index (Phi) is 4.19. The summed E-state index contributed by atoms with van der Waals surface area (Å²) in [5, 5.41) is 0. The Morgan fingerprint density at radius 3 is 2.52 bits per heavy atom. The number of hydrogen-bond donors (Lipinski definition) is 1. The molecule has 0 saturated heterocycles. The quantitative estimate of drug-likeness (QED) is 0.628. The Morgan fingerprint density at radius 2 is 1.87 bits per heavy atom. The van der Waals surface area contributed by atoms with Crippen LogP contribution in [0.5, 0.6) is 0 Å². The number of nitrogens with one attached hydrogen (secondary N) is 1. The van der Waals surface area contributed by atoms with Crippen LogP contribution in [0.15, 0.2) is 56.6 Å². The third-order valence-corrected chi connectivity index (χ3v) is 5.46. The highest BCUT2D eigenvalue weighted by Gasteiger charge is 2.17. The number of sulfonamides is 1. The highest BCUT2D eigenvalue weighted by Crippen LogP contribution is 2.21. The molecular weight excluding hydrogens is 431 g/mol. The summed E-state index contributed by atoms with van der Waals surface area (Å²) < 4.78 is 35.0. The van der Waals surface area contributed by atoms with Crippen LogP contribution in [0.1, 0.15) is 6.92 Å². The molecule has 0 unspecified atom stereocenters. The number of halogens is 1. The van der Waals surface area contributed by atoms with Gasteiger partial charge in [-0.2, -0.15) is 0 Å². The van der Waals surface area contributed by atoms with Crippen molar-refractivity contribution in [3.05, 3.63) is 56.6 Å². The molecule has 120 valence electrons. The standard InChI is InChI=1S/C15H13IN2O4S/c1-2-18-13-8-7-12(9-14(13)22-15(18)19)23(20,21)17-11-5-3-10(16)4-6-11/h3-9,17H,2H2,1H3. The van der Waals surface area contributed by atoms with Gasteiger partial charge >= 0.3 is 5.76 Å². The number of hydrogen-bond acceptors (Lipinski definition) is 4. The zero-order valence-electron chi connectivity index (χ0n) is 12.1. The van der Waals surface area contributed by atoms with Gasteiger partial charge in [0, 0.05) is 21.9 Å². The number of rotatable bonds is 4. The molecule has 1 N–H and O–H groups in total. The van der Waals surface area contributed by atoms with E-state index in [2.05, 4.69) is 27.3 Å². The van der Waals surface area contributed by atoms with Gasteiger partial charge in [0.05, 0.1) is 10.4 Å². The van der Waals surface area contributed by atoms with E-state index in [1.807, 2.05) is 19.1 Å². The lowest BCUT2D eigenvalue weighted by Gasteiger charge is -2.08. The summed E-state index contributed by atoms with van der Waals surface area (Å²) in [6.45, 7) is 2.28. The minimum absolute atomic E-state index is 0.0422. The van der Waals surface area contributed by atoms with Gasteiger partial charge in [-0.15, -0.1) is 0 Å². The van der Waals surface area contributed by atoms with Gasteiger partial charge in [-0.25, -0.2) is 13.2 Å². The van der Waals surface area contributed by atoms with Crippen molar-refractivity contribution in [2.75, 3.05) is 4.72 Å². The molecule has 0 saturated carbocycles. The molecule has 2 aromatic carbocycles. The number of aromatic nitrogens is 1. The first-order valence-corrected chi connectivity index (χ1v) is 9.38. The topological polar surface area (TPSA) is 81.3 Å². The first-order valence-electron chi connectivity index (χ1n) is 6.82. The molecule has 0 bridgehead atoms. The molecule has 0 radical (unpaired) electrons. The van der Waals surface area contributed by atoms with E-state index in [9.17, 15) is 13.2 Å². The van der Waals surface area contributed by atoms with Crippen LogP contribution in [-0.4, -0.2) is 13.0 Å². The van der Waals surface area contributed by atoms with Crippen molar-refractivity contribution in [2.45, 2.75) is 18.4 Å². The van der Waals surface area contributed by atoms with Crippen LogP contribution in [-0.2, 0) is 16.6 Å². The van der Waals surface area contributed by atoms with Gasteiger partial charge < -0.3 is 4.42 Å². The summed E-state index contributed by atoms with van der Waals surface area (Å²) in [5.74, 6) is -0.498. The summed E-state index contributed by atoms with van der Waals surface area (Å²) in [4.78, 5) is 11.7. The molecule has 0 aliphatic rings. The number of fused-ring (bicyclic) bond motifs is 1. The molecule has 8 heteroatoms. The second-order valence-corrected chi connectivity index (χ2v) is 7.78. The molecule has 23 heavy (non-hydrogen) atoms. The molecule has 0 fully saturated rings. The second kappa shape index (κ2) is 6.00. The van der Waals surface area contributed by atoms with Gasteiger partial charge in [0.25, 0.3) is 10.0 Å². The monoisotopic (exact) mass is 444 g/mol. The second-order valence-electron chi connectivity index (χ2n) is 4.85. The Bertz CT molecular complexity index is 1020. The maximum absolute atomic E-state index is 12.5. The minimum Gasteiger partial charge on any atom is -0.408 e. The van der Waals surface area contributed by atoms with Crippen molar-refractivity contribution < 1.29 is 12.8 Å². The molecule has 3 aromatic rings. The van der Waals surface area contributed by atoms with Crippen LogP contribution in [0.3, 0.4) is 0 Å². The largest absolute Gasteiger partial charge is 0.419 e. The summed E-state index contributed by atoms with van der Waals surface area (Å²) in [6.07, 6.45) is 0. The van der Waals surface area contributed by atoms with E-state index < -0.39 is 15.8 Å². The average Bonchev–Trinajstić information content (AvgIpc) is 2.83. The number of aryl methyl sites for hydroxylation is 1. The van der Waals surface area contributed by atoms with Crippen molar-refractivity contribution >= 4 is 49.4 Å².